The van der Waals surface area contributed by atoms with E-state index in [1.54, 1.807) is 0 Å². The fourth-order valence-corrected chi connectivity index (χ4v) is 2.94. The molecule has 0 spiro atoms. The van der Waals surface area contributed by atoms with E-state index in [9.17, 15) is 19.8 Å². The number of aliphatic hydroxyl groups is 2. The SMILES string of the molecule is CC(C)(CCC=O)CCC(O)CCC(O)CCC(C)(C)CCC=O. The first kappa shape index (κ1) is 23.3. The molecular formula is C20H38O4. The molecule has 2 atom stereocenters. The number of carbonyl (C=O) groups is 2. The smallest absolute Gasteiger partial charge is 0.120 e. The van der Waals surface area contributed by atoms with Crippen LogP contribution in [-0.2, 0) is 9.59 Å². The number of carbonyl (C=O) groups excluding carboxylic acids is 2. The molecule has 0 aliphatic carbocycles. The maximum Gasteiger partial charge on any atom is 0.120 e. The highest BCUT2D eigenvalue weighted by Gasteiger charge is 2.21. The van der Waals surface area contributed by atoms with Gasteiger partial charge in [-0.25, -0.2) is 0 Å². The number of hydrogen-bond acceptors (Lipinski definition) is 4. The van der Waals surface area contributed by atoms with E-state index in [0.717, 1.165) is 38.3 Å². The lowest BCUT2D eigenvalue weighted by Crippen LogP contribution is -2.19. The first-order valence-electron chi connectivity index (χ1n) is 9.35. The van der Waals surface area contributed by atoms with E-state index >= 15 is 0 Å². The molecule has 0 rings (SSSR count). The molecule has 0 saturated carbocycles. The van der Waals surface area contributed by atoms with Gasteiger partial charge in [-0.1, -0.05) is 27.7 Å². The predicted octanol–water partition coefficient (Wildman–Crippen LogP) is 4.06. The highest BCUT2D eigenvalue weighted by atomic mass is 16.3. The third-order valence-corrected chi connectivity index (χ3v) is 5.02. The van der Waals surface area contributed by atoms with Crippen molar-refractivity contribution in [2.45, 2.75) is 104 Å². The second-order valence-corrected chi connectivity index (χ2v) is 8.70. The van der Waals surface area contributed by atoms with Crippen LogP contribution in [-0.4, -0.2) is 35.0 Å². The van der Waals surface area contributed by atoms with Crippen molar-refractivity contribution in [3.05, 3.63) is 0 Å². The van der Waals surface area contributed by atoms with Crippen LogP contribution in [0.3, 0.4) is 0 Å². The average molecular weight is 343 g/mol. The lowest BCUT2D eigenvalue weighted by molar-refractivity contribution is -0.109. The molecule has 0 heterocycles. The molecule has 0 aliphatic heterocycles. The monoisotopic (exact) mass is 342 g/mol. The van der Waals surface area contributed by atoms with E-state index in [2.05, 4.69) is 27.7 Å². The van der Waals surface area contributed by atoms with Crippen LogP contribution in [0, 0.1) is 10.8 Å². The third kappa shape index (κ3) is 12.7. The van der Waals surface area contributed by atoms with Gasteiger partial charge in [0, 0.05) is 12.8 Å². The maximum atomic E-state index is 10.5. The summed E-state index contributed by atoms with van der Waals surface area (Å²) in [7, 11) is 0. The van der Waals surface area contributed by atoms with Crippen molar-refractivity contribution in [3.8, 4) is 0 Å². The van der Waals surface area contributed by atoms with E-state index in [-0.39, 0.29) is 10.8 Å². The molecular weight excluding hydrogens is 304 g/mol. The molecule has 0 aliphatic rings. The van der Waals surface area contributed by atoms with Crippen molar-refractivity contribution in [3.63, 3.8) is 0 Å². The summed E-state index contributed by atoms with van der Waals surface area (Å²) in [6.45, 7) is 8.50. The fourth-order valence-electron chi connectivity index (χ4n) is 2.94. The lowest BCUT2D eigenvalue weighted by atomic mass is 9.81. The molecule has 142 valence electrons. The quantitative estimate of drug-likeness (QED) is 0.440. The molecule has 0 radical (unpaired) electrons. The second-order valence-electron chi connectivity index (χ2n) is 8.70. The first-order valence-corrected chi connectivity index (χ1v) is 9.35. The van der Waals surface area contributed by atoms with Gasteiger partial charge in [0.25, 0.3) is 0 Å². The molecule has 4 heteroatoms. The van der Waals surface area contributed by atoms with Gasteiger partial charge in [-0.2, -0.15) is 0 Å². The zero-order chi connectivity index (χ0) is 18.6. The predicted molar refractivity (Wildman–Crippen MR) is 97.9 cm³/mol. The summed E-state index contributed by atoms with van der Waals surface area (Å²) in [5, 5.41) is 20.2. The molecule has 2 N–H and O–H groups in total. The Balaban J connectivity index is 3.94. The van der Waals surface area contributed by atoms with E-state index in [0.29, 0.717) is 38.5 Å². The Labute approximate surface area is 148 Å². The summed E-state index contributed by atoms with van der Waals surface area (Å²) in [6, 6.07) is 0. The number of aldehydes is 2. The van der Waals surface area contributed by atoms with Crippen molar-refractivity contribution < 1.29 is 19.8 Å². The minimum atomic E-state index is -0.391. The molecule has 4 nitrogen and oxygen atoms in total. The van der Waals surface area contributed by atoms with Gasteiger partial charge < -0.3 is 19.8 Å². The van der Waals surface area contributed by atoms with Gasteiger partial charge in [-0.15, -0.1) is 0 Å². The second kappa shape index (κ2) is 11.8. The minimum Gasteiger partial charge on any atom is -0.393 e. The number of hydrogen-bond donors (Lipinski definition) is 2. The topological polar surface area (TPSA) is 74.6 Å². The Morgan fingerprint density at radius 2 is 1.00 bits per heavy atom. The number of aliphatic hydroxyl groups excluding tert-OH is 2. The molecule has 2 unspecified atom stereocenters. The van der Waals surface area contributed by atoms with Crippen LogP contribution in [0.1, 0.15) is 91.9 Å². The van der Waals surface area contributed by atoms with E-state index < -0.39 is 12.2 Å². The highest BCUT2D eigenvalue weighted by Crippen LogP contribution is 2.30. The van der Waals surface area contributed by atoms with Crippen molar-refractivity contribution in [2.24, 2.45) is 10.8 Å². The third-order valence-electron chi connectivity index (χ3n) is 5.02. The van der Waals surface area contributed by atoms with Crippen LogP contribution >= 0.6 is 0 Å². The van der Waals surface area contributed by atoms with Gasteiger partial charge >= 0.3 is 0 Å². The molecule has 24 heavy (non-hydrogen) atoms. The Morgan fingerprint density at radius 3 is 1.29 bits per heavy atom. The first-order chi connectivity index (χ1) is 11.1. The maximum absolute atomic E-state index is 10.5. The van der Waals surface area contributed by atoms with E-state index in [4.69, 9.17) is 0 Å². The van der Waals surface area contributed by atoms with Crippen molar-refractivity contribution >= 4 is 12.6 Å². The van der Waals surface area contributed by atoms with Gasteiger partial charge in [-0.3, -0.25) is 0 Å². The molecule has 0 saturated heterocycles. The molecule has 0 aromatic rings. The summed E-state index contributed by atoms with van der Waals surface area (Å²) in [4.78, 5) is 20.9. The minimum absolute atomic E-state index is 0.0725. The average Bonchev–Trinajstić information content (AvgIpc) is 2.53. The van der Waals surface area contributed by atoms with Crippen molar-refractivity contribution in [2.75, 3.05) is 0 Å². The molecule has 0 aromatic carbocycles. The Hall–Kier alpha value is -0.740. The van der Waals surface area contributed by atoms with Crippen molar-refractivity contribution in [1.29, 1.82) is 0 Å². The molecule has 0 bridgehead atoms. The van der Waals surface area contributed by atoms with Crippen molar-refractivity contribution in [1.82, 2.24) is 0 Å². The Kier molecular flexibility index (Phi) is 11.4. The van der Waals surface area contributed by atoms with Gasteiger partial charge in [0.15, 0.2) is 0 Å². The van der Waals surface area contributed by atoms with Gasteiger partial charge in [0.2, 0.25) is 0 Å². The molecule has 0 aromatic heterocycles. The normalized spacial score (nSPS) is 15.1. The fraction of sp³-hybridized carbons (Fsp3) is 0.900. The van der Waals surface area contributed by atoms with Gasteiger partial charge in [0.1, 0.15) is 12.6 Å². The van der Waals surface area contributed by atoms with Crippen LogP contribution in [0.4, 0.5) is 0 Å². The van der Waals surface area contributed by atoms with Crippen LogP contribution in [0.2, 0.25) is 0 Å². The summed E-state index contributed by atoms with van der Waals surface area (Å²) >= 11 is 0. The highest BCUT2D eigenvalue weighted by molar-refractivity contribution is 5.49. The van der Waals surface area contributed by atoms with Crippen LogP contribution in [0.15, 0.2) is 0 Å². The zero-order valence-corrected chi connectivity index (χ0v) is 16.1. The summed E-state index contributed by atoms with van der Waals surface area (Å²) in [5.41, 5.74) is 0.145. The van der Waals surface area contributed by atoms with Gasteiger partial charge in [0.05, 0.1) is 12.2 Å². The standard InChI is InChI=1S/C20H38O4/c1-19(2,11-5-15-21)13-9-17(23)7-8-18(24)10-14-20(3,4)12-6-16-22/h15-18,23-24H,5-14H2,1-4H3. The zero-order valence-electron chi connectivity index (χ0n) is 16.1. The van der Waals surface area contributed by atoms with Crippen LogP contribution in [0.25, 0.3) is 0 Å². The van der Waals surface area contributed by atoms with Crippen LogP contribution in [0.5, 0.6) is 0 Å². The Morgan fingerprint density at radius 1 is 0.667 bits per heavy atom. The largest absolute Gasteiger partial charge is 0.393 e. The molecule has 0 amide bonds. The van der Waals surface area contributed by atoms with E-state index in [1.165, 1.54) is 0 Å². The summed E-state index contributed by atoms with van der Waals surface area (Å²) in [6.07, 6.45) is 8.37. The summed E-state index contributed by atoms with van der Waals surface area (Å²) < 4.78 is 0. The molecule has 0 fully saturated rings. The number of rotatable bonds is 15. The lowest BCUT2D eigenvalue weighted by Gasteiger charge is -2.26. The summed E-state index contributed by atoms with van der Waals surface area (Å²) in [5.74, 6) is 0. The van der Waals surface area contributed by atoms with Gasteiger partial charge in [-0.05, 0) is 62.2 Å². The Bertz CT molecular complexity index is 316. The van der Waals surface area contributed by atoms with Crippen LogP contribution < -0.4 is 0 Å². The van der Waals surface area contributed by atoms with E-state index in [1.807, 2.05) is 0 Å².